The number of rotatable bonds is 2. The third kappa shape index (κ3) is 2.73. The van der Waals surface area contributed by atoms with E-state index in [1.807, 2.05) is 12.1 Å². The number of hydrogen-bond acceptors (Lipinski definition) is 4. The highest BCUT2D eigenvalue weighted by Crippen LogP contribution is 2.30. The van der Waals surface area contributed by atoms with E-state index in [-0.39, 0.29) is 11.8 Å². The van der Waals surface area contributed by atoms with E-state index in [0.717, 1.165) is 17.0 Å². The van der Waals surface area contributed by atoms with Gasteiger partial charge in [0.05, 0.1) is 11.6 Å². The van der Waals surface area contributed by atoms with Crippen LogP contribution in [0.3, 0.4) is 0 Å². The topological polar surface area (TPSA) is 68.5 Å². The lowest BCUT2D eigenvalue weighted by Crippen LogP contribution is -2.32. The molecule has 1 aliphatic rings. The van der Waals surface area contributed by atoms with Crippen molar-refractivity contribution in [2.45, 2.75) is 6.42 Å². The summed E-state index contributed by atoms with van der Waals surface area (Å²) in [6.45, 7) is 0.356. The van der Waals surface area contributed by atoms with E-state index < -0.39 is 0 Å². The lowest BCUT2D eigenvalue weighted by atomic mass is 9.96. The monoisotopic (exact) mass is 328 g/mol. The van der Waals surface area contributed by atoms with Gasteiger partial charge in [0.1, 0.15) is 18.7 Å². The Labute approximate surface area is 137 Å². The molecule has 1 atom stereocenters. The summed E-state index contributed by atoms with van der Waals surface area (Å²) in [4.78, 5) is 12.5. The number of ether oxygens (including phenoxy) is 1. The van der Waals surface area contributed by atoms with E-state index in [2.05, 4.69) is 15.5 Å². The van der Waals surface area contributed by atoms with E-state index in [9.17, 15) is 4.79 Å². The number of anilines is 1. The van der Waals surface area contributed by atoms with E-state index in [1.54, 1.807) is 35.1 Å². The molecule has 7 heteroatoms. The Bertz CT molecular complexity index is 893. The number of fused-ring (bicyclic) bond motifs is 2. The van der Waals surface area contributed by atoms with Crippen molar-refractivity contribution < 1.29 is 9.53 Å². The number of hydrogen-bond donors (Lipinski definition) is 1. The number of nitrogens with one attached hydrogen (secondary N) is 1. The lowest BCUT2D eigenvalue weighted by molar-refractivity contribution is -0.121. The molecule has 0 fully saturated rings. The highest BCUT2D eigenvalue weighted by molar-refractivity contribution is 6.30. The number of pyridine rings is 1. The van der Waals surface area contributed by atoms with Crippen molar-refractivity contribution in [3.63, 3.8) is 0 Å². The number of carbonyl (C=O) groups excluding carboxylic acids is 1. The Balaban J connectivity index is 1.51. The quantitative estimate of drug-likeness (QED) is 0.785. The standard InChI is InChI=1S/C16H13ClN4O2/c17-12-1-3-14-10(6-12)5-11(8-23-14)16(22)19-13-2-4-15-20-18-9-21(15)7-13/h1-4,6-7,9,11H,5,8H2,(H,19,22)/t11-/m0/s1. The van der Waals surface area contributed by atoms with Gasteiger partial charge in [-0.1, -0.05) is 11.6 Å². The molecule has 1 N–H and O–H groups in total. The van der Waals surface area contributed by atoms with Gasteiger partial charge in [-0.25, -0.2) is 0 Å². The van der Waals surface area contributed by atoms with Crippen molar-refractivity contribution in [1.29, 1.82) is 0 Å². The number of amides is 1. The van der Waals surface area contributed by atoms with E-state index >= 15 is 0 Å². The Hall–Kier alpha value is -2.60. The molecule has 0 aliphatic carbocycles. The van der Waals surface area contributed by atoms with Crippen LogP contribution in [0.1, 0.15) is 5.56 Å². The van der Waals surface area contributed by atoms with Crippen LogP contribution in [-0.4, -0.2) is 27.1 Å². The third-order valence-electron chi connectivity index (χ3n) is 3.86. The molecule has 4 rings (SSSR count). The number of aromatic nitrogens is 3. The van der Waals surface area contributed by atoms with E-state index in [1.165, 1.54) is 0 Å². The summed E-state index contributed by atoms with van der Waals surface area (Å²) >= 11 is 6.01. The van der Waals surface area contributed by atoms with Gasteiger partial charge in [-0.3, -0.25) is 9.20 Å². The van der Waals surface area contributed by atoms with Gasteiger partial charge in [0.15, 0.2) is 5.65 Å². The molecular formula is C16H13ClN4O2. The van der Waals surface area contributed by atoms with Crippen LogP contribution in [0.25, 0.3) is 5.65 Å². The van der Waals surface area contributed by atoms with Crippen molar-refractivity contribution in [1.82, 2.24) is 14.6 Å². The molecule has 3 heterocycles. The molecule has 0 bridgehead atoms. The fourth-order valence-electron chi connectivity index (χ4n) is 2.68. The van der Waals surface area contributed by atoms with Crippen LogP contribution >= 0.6 is 11.6 Å². The number of halogens is 1. The second kappa shape index (κ2) is 5.55. The van der Waals surface area contributed by atoms with E-state index in [4.69, 9.17) is 16.3 Å². The Kier molecular flexibility index (Phi) is 3.38. The van der Waals surface area contributed by atoms with Crippen molar-refractivity contribution in [2.24, 2.45) is 5.92 Å². The maximum Gasteiger partial charge on any atom is 0.231 e. The average Bonchev–Trinajstić information content (AvgIpc) is 3.01. The highest BCUT2D eigenvalue weighted by Gasteiger charge is 2.26. The van der Waals surface area contributed by atoms with Crippen LogP contribution in [0.5, 0.6) is 5.75 Å². The first-order valence-electron chi connectivity index (χ1n) is 7.20. The number of benzene rings is 1. The van der Waals surface area contributed by atoms with Gasteiger partial charge >= 0.3 is 0 Å². The first-order chi connectivity index (χ1) is 11.2. The first-order valence-corrected chi connectivity index (χ1v) is 7.58. The molecule has 0 unspecified atom stereocenters. The molecule has 1 aliphatic heterocycles. The minimum atomic E-state index is -0.252. The molecule has 0 spiro atoms. The minimum absolute atomic E-state index is 0.0805. The van der Waals surface area contributed by atoms with Gasteiger partial charge in [-0.2, -0.15) is 0 Å². The van der Waals surface area contributed by atoms with Crippen LogP contribution in [0, 0.1) is 5.92 Å². The summed E-state index contributed by atoms with van der Waals surface area (Å²) in [5.74, 6) is 0.463. The number of nitrogens with zero attached hydrogens (tertiary/aromatic N) is 3. The summed E-state index contributed by atoms with van der Waals surface area (Å²) in [6.07, 6.45) is 3.98. The van der Waals surface area contributed by atoms with Crippen LogP contribution in [0.4, 0.5) is 5.69 Å². The first kappa shape index (κ1) is 14.0. The van der Waals surface area contributed by atoms with Crippen molar-refractivity contribution >= 4 is 28.8 Å². The zero-order valence-corrected chi connectivity index (χ0v) is 12.8. The molecular weight excluding hydrogens is 316 g/mol. The summed E-state index contributed by atoms with van der Waals surface area (Å²) in [6, 6.07) is 9.08. The molecule has 0 saturated heterocycles. The van der Waals surface area contributed by atoms with Crippen LogP contribution < -0.4 is 10.1 Å². The average molecular weight is 329 g/mol. The molecule has 0 radical (unpaired) electrons. The Morgan fingerprint density at radius 3 is 3.17 bits per heavy atom. The van der Waals surface area contributed by atoms with Gasteiger partial charge in [0, 0.05) is 11.2 Å². The highest BCUT2D eigenvalue weighted by atomic mass is 35.5. The molecule has 1 amide bonds. The predicted molar refractivity (Wildman–Crippen MR) is 85.8 cm³/mol. The fourth-order valence-corrected chi connectivity index (χ4v) is 2.87. The second-order valence-electron chi connectivity index (χ2n) is 5.47. The molecule has 116 valence electrons. The van der Waals surface area contributed by atoms with Crippen molar-refractivity contribution in [3.8, 4) is 5.75 Å². The molecule has 3 aromatic rings. The van der Waals surface area contributed by atoms with Crippen LogP contribution in [0.2, 0.25) is 5.02 Å². The van der Waals surface area contributed by atoms with E-state index in [0.29, 0.717) is 23.7 Å². The molecule has 23 heavy (non-hydrogen) atoms. The summed E-state index contributed by atoms with van der Waals surface area (Å²) in [5, 5.41) is 11.3. The summed E-state index contributed by atoms with van der Waals surface area (Å²) in [7, 11) is 0. The SMILES string of the molecule is O=C(Nc1ccc2nncn2c1)[C@@H]1COc2ccc(Cl)cc2C1. The van der Waals surface area contributed by atoms with Gasteiger partial charge in [-0.05, 0) is 42.3 Å². The molecule has 1 aromatic carbocycles. The zero-order valence-electron chi connectivity index (χ0n) is 12.1. The van der Waals surface area contributed by atoms with Crippen molar-refractivity contribution in [3.05, 3.63) is 53.4 Å². The Morgan fingerprint density at radius 2 is 2.26 bits per heavy atom. The normalized spacial score (nSPS) is 16.7. The van der Waals surface area contributed by atoms with Crippen LogP contribution in [0.15, 0.2) is 42.9 Å². The van der Waals surface area contributed by atoms with Crippen molar-refractivity contribution in [2.75, 3.05) is 11.9 Å². The predicted octanol–water partition coefficient (Wildman–Crippen LogP) is 2.57. The minimum Gasteiger partial charge on any atom is -0.492 e. The Morgan fingerprint density at radius 1 is 1.35 bits per heavy atom. The molecule has 0 saturated carbocycles. The van der Waals surface area contributed by atoms with Gasteiger partial charge < -0.3 is 10.1 Å². The maximum atomic E-state index is 12.5. The fraction of sp³-hybridized carbons (Fsp3) is 0.188. The zero-order chi connectivity index (χ0) is 15.8. The third-order valence-corrected chi connectivity index (χ3v) is 4.09. The van der Waals surface area contributed by atoms with Gasteiger partial charge in [-0.15, -0.1) is 10.2 Å². The lowest BCUT2D eigenvalue weighted by Gasteiger charge is -2.24. The second-order valence-corrected chi connectivity index (χ2v) is 5.90. The summed E-state index contributed by atoms with van der Waals surface area (Å²) < 4.78 is 7.42. The molecule has 2 aromatic heterocycles. The summed E-state index contributed by atoms with van der Waals surface area (Å²) in [5.41, 5.74) is 2.38. The van der Waals surface area contributed by atoms with Gasteiger partial charge in [0.2, 0.25) is 5.91 Å². The smallest absolute Gasteiger partial charge is 0.231 e. The van der Waals surface area contributed by atoms with Gasteiger partial charge in [0.25, 0.3) is 0 Å². The number of carbonyl (C=O) groups is 1. The molecule has 6 nitrogen and oxygen atoms in total. The van der Waals surface area contributed by atoms with Crippen LogP contribution in [-0.2, 0) is 11.2 Å². The maximum absolute atomic E-state index is 12.5. The largest absolute Gasteiger partial charge is 0.492 e.